The Labute approximate surface area is 129 Å². The maximum absolute atomic E-state index is 6.48. The zero-order chi connectivity index (χ0) is 14.5. The first-order valence-electron chi connectivity index (χ1n) is 8.93. The third-order valence-electron chi connectivity index (χ3n) is 5.65. The van der Waals surface area contributed by atoms with Crippen LogP contribution >= 0.6 is 0 Å². The summed E-state index contributed by atoms with van der Waals surface area (Å²) < 4.78 is 11.6. The van der Waals surface area contributed by atoms with Crippen molar-refractivity contribution in [1.82, 2.24) is 10.2 Å². The Morgan fingerprint density at radius 3 is 2.86 bits per heavy atom. The van der Waals surface area contributed by atoms with Gasteiger partial charge in [-0.15, -0.1) is 0 Å². The van der Waals surface area contributed by atoms with Crippen LogP contribution in [-0.2, 0) is 9.47 Å². The van der Waals surface area contributed by atoms with Gasteiger partial charge in [-0.1, -0.05) is 12.8 Å². The highest BCUT2D eigenvalue weighted by molar-refractivity contribution is 4.94. The van der Waals surface area contributed by atoms with Crippen LogP contribution in [0.4, 0.5) is 0 Å². The standard InChI is InChI=1S/C17H32N2O2/c1-20-12-10-18-13-15-5-4-11-19(15)14-16-6-9-17(21-16)7-2-3-8-17/h15-16,18H,2-14H2,1H3. The van der Waals surface area contributed by atoms with Gasteiger partial charge in [0.25, 0.3) is 0 Å². The SMILES string of the molecule is COCCNCC1CCCN1CC1CCC2(CCCC2)O1. The number of nitrogens with zero attached hydrogens (tertiary/aromatic N) is 1. The topological polar surface area (TPSA) is 33.7 Å². The fraction of sp³-hybridized carbons (Fsp3) is 1.00. The average Bonchev–Trinajstić information content (AvgIpc) is 3.20. The molecule has 3 fully saturated rings. The van der Waals surface area contributed by atoms with E-state index in [0.29, 0.717) is 12.1 Å². The van der Waals surface area contributed by atoms with Crippen LogP contribution in [0.3, 0.4) is 0 Å². The number of rotatable bonds is 7. The van der Waals surface area contributed by atoms with E-state index in [0.717, 1.165) is 26.2 Å². The van der Waals surface area contributed by atoms with Gasteiger partial charge in [-0.25, -0.2) is 0 Å². The molecule has 0 bridgehead atoms. The monoisotopic (exact) mass is 296 g/mol. The van der Waals surface area contributed by atoms with Crippen LogP contribution in [0.5, 0.6) is 0 Å². The second-order valence-electron chi connectivity index (χ2n) is 7.16. The first-order chi connectivity index (χ1) is 10.3. The summed E-state index contributed by atoms with van der Waals surface area (Å²) in [7, 11) is 1.76. The van der Waals surface area contributed by atoms with Crippen molar-refractivity contribution in [3.63, 3.8) is 0 Å². The molecule has 1 spiro atoms. The van der Waals surface area contributed by atoms with Gasteiger partial charge in [0.05, 0.1) is 18.3 Å². The smallest absolute Gasteiger partial charge is 0.0710 e. The van der Waals surface area contributed by atoms with E-state index in [1.807, 2.05) is 0 Å². The molecule has 4 heteroatoms. The van der Waals surface area contributed by atoms with Crippen LogP contribution in [0.1, 0.15) is 51.4 Å². The molecule has 1 aliphatic carbocycles. The molecule has 2 atom stereocenters. The number of hydrogen-bond acceptors (Lipinski definition) is 4. The predicted molar refractivity (Wildman–Crippen MR) is 84.6 cm³/mol. The van der Waals surface area contributed by atoms with Gasteiger partial charge in [0.2, 0.25) is 0 Å². The second kappa shape index (κ2) is 7.40. The minimum atomic E-state index is 0.288. The molecule has 3 rings (SSSR count). The zero-order valence-electron chi connectivity index (χ0n) is 13.6. The summed E-state index contributed by atoms with van der Waals surface area (Å²) in [5, 5.41) is 3.52. The summed E-state index contributed by atoms with van der Waals surface area (Å²) in [5.74, 6) is 0. The summed E-state index contributed by atoms with van der Waals surface area (Å²) >= 11 is 0. The van der Waals surface area contributed by atoms with E-state index >= 15 is 0 Å². The molecule has 0 aromatic heterocycles. The molecular weight excluding hydrogens is 264 g/mol. The Kier molecular flexibility index (Phi) is 5.54. The van der Waals surface area contributed by atoms with Gasteiger partial charge < -0.3 is 14.8 Å². The van der Waals surface area contributed by atoms with E-state index in [2.05, 4.69) is 10.2 Å². The van der Waals surface area contributed by atoms with Crippen LogP contribution in [0.15, 0.2) is 0 Å². The van der Waals surface area contributed by atoms with E-state index in [-0.39, 0.29) is 5.60 Å². The molecule has 21 heavy (non-hydrogen) atoms. The maximum atomic E-state index is 6.48. The summed E-state index contributed by atoms with van der Waals surface area (Å²) in [4.78, 5) is 2.67. The van der Waals surface area contributed by atoms with Gasteiger partial charge in [0.1, 0.15) is 0 Å². The van der Waals surface area contributed by atoms with Crippen molar-refractivity contribution < 1.29 is 9.47 Å². The molecular formula is C17H32N2O2. The van der Waals surface area contributed by atoms with Crippen molar-refractivity contribution in [2.75, 3.05) is 39.9 Å². The van der Waals surface area contributed by atoms with Crippen molar-refractivity contribution in [1.29, 1.82) is 0 Å². The molecule has 0 aromatic carbocycles. The molecule has 1 N–H and O–H groups in total. The minimum absolute atomic E-state index is 0.288. The van der Waals surface area contributed by atoms with E-state index in [1.54, 1.807) is 7.11 Å². The normalized spacial score (nSPS) is 32.4. The molecule has 0 aromatic rings. The van der Waals surface area contributed by atoms with Crippen LogP contribution in [0.25, 0.3) is 0 Å². The predicted octanol–water partition coefficient (Wildman–Crippen LogP) is 2.18. The van der Waals surface area contributed by atoms with Crippen LogP contribution in [0, 0.1) is 0 Å². The number of methoxy groups -OCH3 is 1. The Balaban J connectivity index is 1.41. The van der Waals surface area contributed by atoms with Gasteiger partial charge in [0.15, 0.2) is 0 Å². The third kappa shape index (κ3) is 3.98. The van der Waals surface area contributed by atoms with Crippen molar-refractivity contribution in [3.8, 4) is 0 Å². The Bertz CT molecular complexity index is 318. The summed E-state index contributed by atoms with van der Waals surface area (Å²) in [6, 6.07) is 0.700. The Morgan fingerprint density at radius 2 is 2.05 bits per heavy atom. The van der Waals surface area contributed by atoms with Crippen molar-refractivity contribution in [2.24, 2.45) is 0 Å². The number of hydrogen-bond donors (Lipinski definition) is 1. The van der Waals surface area contributed by atoms with E-state index in [4.69, 9.17) is 9.47 Å². The highest BCUT2D eigenvalue weighted by Crippen LogP contribution is 2.43. The van der Waals surface area contributed by atoms with E-state index in [9.17, 15) is 0 Å². The number of likely N-dealkylation sites (tertiary alicyclic amines) is 1. The van der Waals surface area contributed by atoms with Crippen LogP contribution in [0.2, 0.25) is 0 Å². The lowest BCUT2D eigenvalue weighted by Gasteiger charge is -2.29. The van der Waals surface area contributed by atoms with Crippen LogP contribution in [-0.4, -0.2) is 62.5 Å². The van der Waals surface area contributed by atoms with Gasteiger partial charge in [-0.2, -0.15) is 0 Å². The highest BCUT2D eigenvalue weighted by Gasteiger charge is 2.43. The van der Waals surface area contributed by atoms with E-state index in [1.165, 1.54) is 57.9 Å². The van der Waals surface area contributed by atoms with Gasteiger partial charge >= 0.3 is 0 Å². The number of nitrogens with one attached hydrogen (secondary N) is 1. The molecule has 2 aliphatic heterocycles. The lowest BCUT2D eigenvalue weighted by Crippen LogP contribution is -2.42. The van der Waals surface area contributed by atoms with Gasteiger partial charge in [-0.3, -0.25) is 4.90 Å². The zero-order valence-corrected chi connectivity index (χ0v) is 13.6. The Morgan fingerprint density at radius 1 is 1.19 bits per heavy atom. The van der Waals surface area contributed by atoms with Crippen molar-refractivity contribution in [2.45, 2.75) is 69.1 Å². The quantitative estimate of drug-likeness (QED) is 0.730. The first kappa shape index (κ1) is 15.7. The summed E-state index contributed by atoms with van der Waals surface area (Å²) in [5.41, 5.74) is 0.288. The van der Waals surface area contributed by atoms with Crippen molar-refractivity contribution >= 4 is 0 Å². The third-order valence-corrected chi connectivity index (χ3v) is 5.65. The number of ether oxygens (including phenoxy) is 2. The average molecular weight is 296 g/mol. The minimum Gasteiger partial charge on any atom is -0.383 e. The molecule has 1 saturated carbocycles. The van der Waals surface area contributed by atoms with Crippen LogP contribution < -0.4 is 5.32 Å². The molecule has 2 saturated heterocycles. The van der Waals surface area contributed by atoms with Crippen molar-refractivity contribution in [3.05, 3.63) is 0 Å². The molecule has 0 radical (unpaired) electrons. The molecule has 2 unspecified atom stereocenters. The molecule has 0 amide bonds. The second-order valence-corrected chi connectivity index (χ2v) is 7.16. The molecule has 3 aliphatic rings. The fourth-order valence-corrected chi connectivity index (χ4v) is 4.48. The largest absolute Gasteiger partial charge is 0.383 e. The fourth-order valence-electron chi connectivity index (χ4n) is 4.48. The lowest BCUT2D eigenvalue weighted by molar-refractivity contribution is -0.0483. The summed E-state index contributed by atoms with van der Waals surface area (Å²) in [6.07, 6.45) is 11.1. The molecule has 2 heterocycles. The highest BCUT2D eigenvalue weighted by atomic mass is 16.5. The first-order valence-corrected chi connectivity index (χ1v) is 8.93. The van der Waals surface area contributed by atoms with Gasteiger partial charge in [-0.05, 0) is 45.1 Å². The maximum Gasteiger partial charge on any atom is 0.0710 e. The lowest BCUT2D eigenvalue weighted by atomic mass is 9.98. The molecule has 122 valence electrons. The Hall–Kier alpha value is -0.160. The van der Waals surface area contributed by atoms with Gasteiger partial charge in [0, 0.05) is 32.8 Å². The van der Waals surface area contributed by atoms with E-state index < -0.39 is 0 Å². The summed E-state index contributed by atoms with van der Waals surface area (Å²) in [6.45, 7) is 5.27. The molecule has 4 nitrogen and oxygen atoms in total.